The number of benzene rings is 3. The summed E-state index contributed by atoms with van der Waals surface area (Å²) in [4.78, 5) is 0. The van der Waals surface area contributed by atoms with Gasteiger partial charge in [-0.3, -0.25) is 0 Å². The second-order valence-electron chi connectivity index (χ2n) is 5.64. The van der Waals surface area contributed by atoms with Crippen molar-refractivity contribution in [3.05, 3.63) is 66.7 Å². The van der Waals surface area contributed by atoms with E-state index in [9.17, 15) is 0 Å². The summed E-state index contributed by atoms with van der Waals surface area (Å²) in [5.74, 6) is 0. The van der Waals surface area contributed by atoms with Crippen molar-refractivity contribution >= 4 is 27.5 Å². The van der Waals surface area contributed by atoms with Crippen LogP contribution in [0.3, 0.4) is 0 Å². The molecule has 0 aliphatic rings. The second-order valence-corrected chi connectivity index (χ2v) is 5.64. The summed E-state index contributed by atoms with van der Waals surface area (Å²) >= 11 is 0. The first kappa shape index (κ1) is 13.0. The molecule has 4 rings (SSSR count). The van der Waals surface area contributed by atoms with Crippen LogP contribution in [-0.4, -0.2) is 11.6 Å². The van der Waals surface area contributed by atoms with E-state index in [2.05, 4.69) is 83.7 Å². The van der Waals surface area contributed by atoms with Gasteiger partial charge in [-0.25, -0.2) is 0 Å². The molecule has 0 spiro atoms. The number of para-hydroxylation sites is 1. The number of aryl methyl sites for hydroxylation is 1. The first-order valence-electron chi connectivity index (χ1n) is 7.53. The molecule has 0 saturated carbocycles. The Kier molecular flexibility index (Phi) is 2.90. The van der Waals surface area contributed by atoms with Gasteiger partial charge in [0.2, 0.25) is 0 Å². The quantitative estimate of drug-likeness (QED) is 0.546. The molecule has 4 aromatic rings. The zero-order valence-electron chi connectivity index (χ0n) is 12.8. The van der Waals surface area contributed by atoms with E-state index in [1.165, 1.54) is 32.9 Å². The number of aromatic nitrogens is 1. The molecule has 2 heteroatoms. The van der Waals surface area contributed by atoms with Gasteiger partial charge in [0.1, 0.15) is 0 Å². The summed E-state index contributed by atoms with van der Waals surface area (Å²) in [7, 11) is 4.07. The number of fused-ring (bicyclic) bond motifs is 3. The molecule has 0 fully saturated rings. The predicted molar refractivity (Wildman–Crippen MR) is 95.4 cm³/mol. The second kappa shape index (κ2) is 4.92. The lowest BCUT2D eigenvalue weighted by atomic mass is 10.0. The fourth-order valence-corrected chi connectivity index (χ4v) is 3.18. The molecule has 0 unspecified atom stereocenters. The van der Waals surface area contributed by atoms with Crippen LogP contribution < -0.4 is 5.32 Å². The Balaban J connectivity index is 1.94. The minimum atomic E-state index is 1.13. The van der Waals surface area contributed by atoms with Crippen LogP contribution in [0.15, 0.2) is 66.7 Å². The predicted octanol–water partition coefficient (Wildman–Crippen LogP) is 5.04. The van der Waals surface area contributed by atoms with E-state index in [-0.39, 0.29) is 0 Å². The lowest BCUT2D eigenvalue weighted by Crippen LogP contribution is -1.87. The van der Waals surface area contributed by atoms with Gasteiger partial charge in [-0.15, -0.1) is 0 Å². The third-order valence-electron chi connectivity index (χ3n) is 4.42. The smallest absolute Gasteiger partial charge is 0.0489 e. The SMILES string of the molecule is CNc1ccc(-c2ccc3c(c2)c2ccccc2n3C)cc1. The molecule has 3 aromatic carbocycles. The molecule has 0 aliphatic carbocycles. The van der Waals surface area contributed by atoms with Crippen molar-refractivity contribution in [1.29, 1.82) is 0 Å². The Bertz CT molecular complexity index is 962. The molecule has 0 bridgehead atoms. The van der Waals surface area contributed by atoms with Gasteiger partial charge in [-0.2, -0.15) is 0 Å². The highest BCUT2D eigenvalue weighted by Crippen LogP contribution is 2.32. The summed E-state index contributed by atoms with van der Waals surface area (Å²) in [5, 5.41) is 5.79. The van der Waals surface area contributed by atoms with E-state index >= 15 is 0 Å². The lowest BCUT2D eigenvalue weighted by molar-refractivity contribution is 1.01. The lowest BCUT2D eigenvalue weighted by Gasteiger charge is -2.05. The fraction of sp³-hybridized carbons (Fsp3) is 0.100. The van der Waals surface area contributed by atoms with E-state index in [0.717, 1.165) is 5.69 Å². The number of hydrogen-bond acceptors (Lipinski definition) is 1. The van der Waals surface area contributed by atoms with Crippen LogP contribution in [0.5, 0.6) is 0 Å². The summed E-state index contributed by atoms with van der Waals surface area (Å²) in [5.41, 5.74) is 6.19. The molecule has 0 saturated heterocycles. The highest BCUT2D eigenvalue weighted by Gasteiger charge is 2.08. The summed E-state index contributed by atoms with van der Waals surface area (Å²) in [6, 6.07) is 23.9. The molecule has 2 nitrogen and oxygen atoms in total. The van der Waals surface area contributed by atoms with E-state index in [1.807, 2.05) is 7.05 Å². The maximum Gasteiger partial charge on any atom is 0.0489 e. The van der Waals surface area contributed by atoms with E-state index in [0.29, 0.717) is 0 Å². The van der Waals surface area contributed by atoms with Crippen LogP contribution in [0.4, 0.5) is 5.69 Å². The van der Waals surface area contributed by atoms with Gasteiger partial charge in [-0.05, 0) is 41.5 Å². The number of nitrogens with one attached hydrogen (secondary N) is 1. The molecular weight excluding hydrogens is 268 g/mol. The molecular formula is C20H18N2. The van der Waals surface area contributed by atoms with Crippen LogP contribution in [0.1, 0.15) is 0 Å². The average Bonchev–Trinajstić information content (AvgIpc) is 2.88. The Morgan fingerprint density at radius 1 is 0.727 bits per heavy atom. The monoisotopic (exact) mass is 286 g/mol. The Labute approximate surface area is 130 Å². The summed E-state index contributed by atoms with van der Waals surface area (Å²) < 4.78 is 2.26. The Hall–Kier alpha value is -2.74. The standard InChI is InChI=1S/C20H18N2/c1-21-16-10-7-14(8-11-16)15-9-12-20-18(13-15)17-5-3-4-6-19(17)22(20)2/h3-13,21H,1-2H3. The number of hydrogen-bond donors (Lipinski definition) is 1. The van der Waals surface area contributed by atoms with Crippen molar-refractivity contribution in [2.45, 2.75) is 0 Å². The minimum Gasteiger partial charge on any atom is -0.388 e. The maximum atomic E-state index is 3.16. The van der Waals surface area contributed by atoms with Crippen LogP contribution in [-0.2, 0) is 7.05 Å². The van der Waals surface area contributed by atoms with Gasteiger partial charge in [-0.1, -0.05) is 36.4 Å². The molecule has 0 radical (unpaired) electrons. The van der Waals surface area contributed by atoms with Gasteiger partial charge in [0.05, 0.1) is 0 Å². The molecule has 1 heterocycles. The van der Waals surface area contributed by atoms with Crippen LogP contribution in [0.25, 0.3) is 32.9 Å². The fourth-order valence-electron chi connectivity index (χ4n) is 3.18. The average molecular weight is 286 g/mol. The highest BCUT2D eigenvalue weighted by molar-refractivity contribution is 6.09. The van der Waals surface area contributed by atoms with Crippen molar-refractivity contribution in [2.75, 3.05) is 12.4 Å². The Morgan fingerprint density at radius 2 is 1.41 bits per heavy atom. The minimum absolute atomic E-state index is 1.13. The normalized spacial score (nSPS) is 11.2. The first-order valence-corrected chi connectivity index (χ1v) is 7.53. The van der Waals surface area contributed by atoms with Gasteiger partial charge in [0.25, 0.3) is 0 Å². The van der Waals surface area contributed by atoms with E-state index in [4.69, 9.17) is 0 Å². The molecule has 108 valence electrons. The van der Waals surface area contributed by atoms with Gasteiger partial charge >= 0.3 is 0 Å². The topological polar surface area (TPSA) is 17.0 Å². The number of anilines is 1. The molecule has 1 aromatic heterocycles. The zero-order chi connectivity index (χ0) is 15.1. The van der Waals surface area contributed by atoms with Crippen molar-refractivity contribution in [3.8, 4) is 11.1 Å². The van der Waals surface area contributed by atoms with Gasteiger partial charge in [0.15, 0.2) is 0 Å². The van der Waals surface area contributed by atoms with E-state index in [1.54, 1.807) is 0 Å². The summed E-state index contributed by atoms with van der Waals surface area (Å²) in [6.45, 7) is 0. The largest absolute Gasteiger partial charge is 0.388 e. The van der Waals surface area contributed by atoms with E-state index < -0.39 is 0 Å². The number of nitrogens with zero attached hydrogens (tertiary/aromatic N) is 1. The molecule has 0 amide bonds. The van der Waals surface area contributed by atoms with Crippen molar-refractivity contribution in [3.63, 3.8) is 0 Å². The molecule has 1 N–H and O–H groups in total. The van der Waals surface area contributed by atoms with Crippen LogP contribution in [0, 0.1) is 0 Å². The highest BCUT2D eigenvalue weighted by atomic mass is 14.9. The van der Waals surface area contributed by atoms with Crippen molar-refractivity contribution < 1.29 is 0 Å². The number of rotatable bonds is 2. The van der Waals surface area contributed by atoms with Crippen molar-refractivity contribution in [2.24, 2.45) is 7.05 Å². The molecule has 0 aliphatic heterocycles. The maximum absolute atomic E-state index is 3.16. The first-order chi connectivity index (χ1) is 10.8. The molecule has 22 heavy (non-hydrogen) atoms. The third kappa shape index (κ3) is 1.88. The summed E-state index contributed by atoms with van der Waals surface area (Å²) in [6.07, 6.45) is 0. The van der Waals surface area contributed by atoms with Gasteiger partial charge in [0, 0.05) is 41.6 Å². The van der Waals surface area contributed by atoms with Crippen LogP contribution in [0.2, 0.25) is 0 Å². The van der Waals surface area contributed by atoms with Gasteiger partial charge < -0.3 is 9.88 Å². The molecule has 0 atom stereocenters. The third-order valence-corrected chi connectivity index (χ3v) is 4.42. The van der Waals surface area contributed by atoms with Crippen molar-refractivity contribution in [1.82, 2.24) is 4.57 Å². The zero-order valence-corrected chi connectivity index (χ0v) is 12.8. The Morgan fingerprint density at radius 3 is 2.18 bits per heavy atom. The van der Waals surface area contributed by atoms with Crippen LogP contribution >= 0.6 is 0 Å².